The van der Waals surface area contributed by atoms with E-state index < -0.39 is 6.61 Å². The van der Waals surface area contributed by atoms with Crippen LogP contribution in [0, 0.1) is 0 Å². The molecule has 0 radical (unpaired) electrons. The second kappa shape index (κ2) is 8.99. The van der Waals surface area contributed by atoms with Crippen molar-refractivity contribution in [3.05, 3.63) is 83.9 Å². The van der Waals surface area contributed by atoms with Crippen LogP contribution in [-0.2, 0) is 6.61 Å². The molecule has 0 saturated carbocycles. The Hall–Kier alpha value is -3.41. The lowest BCUT2D eigenvalue weighted by atomic mass is 10.0. The Morgan fingerprint density at radius 3 is 2.50 bits per heavy atom. The normalized spacial score (nSPS) is 10.6. The van der Waals surface area contributed by atoms with E-state index in [0.717, 1.165) is 5.56 Å². The van der Waals surface area contributed by atoms with Crippen LogP contribution in [0.3, 0.4) is 0 Å². The second-order valence-corrected chi connectivity index (χ2v) is 5.97. The summed E-state index contributed by atoms with van der Waals surface area (Å²) >= 11 is 0. The highest BCUT2D eigenvalue weighted by Gasteiger charge is 2.14. The third-order valence-electron chi connectivity index (χ3n) is 4.08. The van der Waals surface area contributed by atoms with E-state index in [1.54, 1.807) is 36.4 Å². The van der Waals surface area contributed by atoms with Crippen molar-refractivity contribution in [3.8, 4) is 22.6 Å². The van der Waals surface area contributed by atoms with E-state index in [0.29, 0.717) is 29.0 Å². The number of ether oxygens (including phenoxy) is 2. The Morgan fingerprint density at radius 1 is 1.00 bits per heavy atom. The second-order valence-electron chi connectivity index (χ2n) is 5.97. The number of hydrogen-bond acceptors (Lipinski definition) is 3. The van der Waals surface area contributed by atoms with Gasteiger partial charge in [-0.2, -0.15) is 8.78 Å². The minimum atomic E-state index is -2.96. The third-order valence-corrected chi connectivity index (χ3v) is 4.08. The monoisotopic (exact) mass is 383 g/mol. The predicted molar refractivity (Wildman–Crippen MR) is 103 cm³/mol. The lowest BCUT2D eigenvalue weighted by molar-refractivity contribution is -0.0494. The molecule has 0 aliphatic heterocycles. The number of hydrogen-bond donors (Lipinski definition) is 1. The molecule has 1 N–H and O–H groups in total. The van der Waals surface area contributed by atoms with Crippen LogP contribution in [0.25, 0.3) is 11.1 Å². The summed E-state index contributed by atoms with van der Waals surface area (Å²) in [6.07, 6.45) is 0. The quantitative estimate of drug-likeness (QED) is 0.632. The molecule has 3 aromatic rings. The summed E-state index contributed by atoms with van der Waals surface area (Å²) in [5.74, 6) is 0.247. The van der Waals surface area contributed by atoms with Crippen molar-refractivity contribution < 1.29 is 23.0 Å². The Kier molecular flexibility index (Phi) is 6.22. The van der Waals surface area contributed by atoms with Gasteiger partial charge in [0.15, 0.2) is 0 Å². The van der Waals surface area contributed by atoms with Crippen molar-refractivity contribution in [1.82, 2.24) is 5.32 Å². The number of amides is 1. The molecule has 0 spiro atoms. The molecule has 3 aromatic carbocycles. The molecule has 3 rings (SSSR count). The number of alkyl halides is 2. The first-order valence-electron chi connectivity index (χ1n) is 8.65. The molecule has 144 valence electrons. The highest BCUT2D eigenvalue weighted by atomic mass is 19.3. The van der Waals surface area contributed by atoms with E-state index in [1.807, 2.05) is 30.3 Å². The van der Waals surface area contributed by atoms with Crippen LogP contribution in [-0.4, -0.2) is 19.6 Å². The van der Waals surface area contributed by atoms with Gasteiger partial charge in [-0.1, -0.05) is 42.5 Å². The van der Waals surface area contributed by atoms with Gasteiger partial charge in [0.1, 0.15) is 18.1 Å². The highest BCUT2D eigenvalue weighted by molar-refractivity contribution is 5.95. The van der Waals surface area contributed by atoms with Gasteiger partial charge in [0.05, 0.1) is 0 Å². The van der Waals surface area contributed by atoms with Crippen LogP contribution in [0.15, 0.2) is 72.8 Å². The molecule has 4 nitrogen and oxygen atoms in total. The molecular formula is C22H19F2NO3. The maximum atomic E-state index is 12.8. The van der Waals surface area contributed by atoms with E-state index in [9.17, 15) is 13.6 Å². The smallest absolute Gasteiger partial charge is 0.387 e. The van der Waals surface area contributed by atoms with Gasteiger partial charge < -0.3 is 14.8 Å². The van der Waals surface area contributed by atoms with Crippen LogP contribution in [0.5, 0.6) is 11.5 Å². The zero-order chi connectivity index (χ0) is 19.9. The Labute approximate surface area is 161 Å². The maximum absolute atomic E-state index is 12.8. The summed E-state index contributed by atoms with van der Waals surface area (Å²) in [6.45, 7) is -2.62. The topological polar surface area (TPSA) is 47.6 Å². The van der Waals surface area contributed by atoms with Crippen LogP contribution in [0.1, 0.15) is 15.9 Å². The van der Waals surface area contributed by atoms with E-state index in [2.05, 4.69) is 10.1 Å². The number of rotatable bonds is 7. The van der Waals surface area contributed by atoms with E-state index in [-0.39, 0.29) is 11.7 Å². The molecule has 0 aliphatic rings. The summed E-state index contributed by atoms with van der Waals surface area (Å²) in [6, 6.07) is 20.9. The standard InChI is InChI=1S/C22H19F2NO3/c1-25-21(26)17-9-5-8-16(12-17)19-13-18(10-11-20(19)28-22(23)24)27-14-15-6-3-2-4-7-15/h2-13,22H,14H2,1H3,(H,25,26). The first kappa shape index (κ1) is 19.4. The van der Waals surface area contributed by atoms with Crippen molar-refractivity contribution in [2.75, 3.05) is 7.05 Å². The van der Waals surface area contributed by atoms with Gasteiger partial charge in [-0.15, -0.1) is 0 Å². The maximum Gasteiger partial charge on any atom is 0.387 e. The average molecular weight is 383 g/mol. The van der Waals surface area contributed by atoms with Crippen LogP contribution in [0.4, 0.5) is 8.78 Å². The SMILES string of the molecule is CNC(=O)c1cccc(-c2cc(OCc3ccccc3)ccc2OC(F)F)c1. The fourth-order valence-corrected chi connectivity index (χ4v) is 2.74. The number of benzene rings is 3. The highest BCUT2D eigenvalue weighted by Crippen LogP contribution is 2.35. The molecule has 28 heavy (non-hydrogen) atoms. The molecule has 0 atom stereocenters. The summed E-state index contributed by atoms with van der Waals surface area (Å²) in [5, 5.41) is 2.54. The van der Waals surface area contributed by atoms with Crippen molar-refractivity contribution >= 4 is 5.91 Å². The summed E-state index contributed by atoms with van der Waals surface area (Å²) in [7, 11) is 1.53. The van der Waals surface area contributed by atoms with E-state index in [1.165, 1.54) is 13.1 Å². The number of carbonyl (C=O) groups excluding carboxylic acids is 1. The minimum absolute atomic E-state index is 0.0103. The molecule has 0 saturated heterocycles. The van der Waals surface area contributed by atoms with Gasteiger partial charge >= 0.3 is 6.61 Å². The molecular weight excluding hydrogens is 364 g/mol. The lowest BCUT2D eigenvalue weighted by Gasteiger charge is -2.14. The fraction of sp³-hybridized carbons (Fsp3) is 0.136. The fourth-order valence-electron chi connectivity index (χ4n) is 2.74. The molecule has 0 fully saturated rings. The van der Waals surface area contributed by atoms with Crippen LogP contribution < -0.4 is 14.8 Å². The Bertz CT molecular complexity index is 946. The molecule has 6 heteroatoms. The number of nitrogens with one attached hydrogen (secondary N) is 1. The summed E-state index contributed by atoms with van der Waals surface area (Å²) < 4.78 is 36.1. The molecule has 1 amide bonds. The third kappa shape index (κ3) is 4.85. The van der Waals surface area contributed by atoms with Crippen molar-refractivity contribution in [2.24, 2.45) is 0 Å². The predicted octanol–water partition coefficient (Wildman–Crippen LogP) is 4.89. The van der Waals surface area contributed by atoms with Gasteiger partial charge in [-0.25, -0.2) is 0 Å². The van der Waals surface area contributed by atoms with Crippen molar-refractivity contribution in [2.45, 2.75) is 13.2 Å². The lowest BCUT2D eigenvalue weighted by Crippen LogP contribution is -2.17. The van der Waals surface area contributed by atoms with Crippen LogP contribution >= 0.6 is 0 Å². The van der Waals surface area contributed by atoms with E-state index >= 15 is 0 Å². The molecule has 0 aromatic heterocycles. The molecule has 0 bridgehead atoms. The Balaban J connectivity index is 1.93. The molecule has 0 aliphatic carbocycles. The van der Waals surface area contributed by atoms with Gasteiger partial charge in [0.25, 0.3) is 5.91 Å². The molecule has 0 unspecified atom stereocenters. The van der Waals surface area contributed by atoms with Gasteiger partial charge in [0, 0.05) is 18.2 Å². The Morgan fingerprint density at radius 2 is 1.79 bits per heavy atom. The van der Waals surface area contributed by atoms with Crippen LogP contribution in [0.2, 0.25) is 0 Å². The van der Waals surface area contributed by atoms with Crippen molar-refractivity contribution in [1.29, 1.82) is 0 Å². The average Bonchev–Trinajstić information content (AvgIpc) is 2.73. The number of carbonyl (C=O) groups is 1. The van der Waals surface area contributed by atoms with Crippen molar-refractivity contribution in [3.63, 3.8) is 0 Å². The van der Waals surface area contributed by atoms with Gasteiger partial charge in [-0.05, 0) is 41.5 Å². The zero-order valence-electron chi connectivity index (χ0n) is 15.2. The molecule has 0 heterocycles. The first-order chi connectivity index (χ1) is 13.6. The number of halogens is 2. The zero-order valence-corrected chi connectivity index (χ0v) is 15.2. The summed E-state index contributed by atoms with van der Waals surface area (Å²) in [5.41, 5.74) is 2.38. The largest absolute Gasteiger partial charge is 0.489 e. The van der Waals surface area contributed by atoms with Gasteiger partial charge in [-0.3, -0.25) is 4.79 Å². The minimum Gasteiger partial charge on any atom is -0.489 e. The van der Waals surface area contributed by atoms with Gasteiger partial charge in [0.2, 0.25) is 0 Å². The summed E-state index contributed by atoms with van der Waals surface area (Å²) in [4.78, 5) is 11.9. The van der Waals surface area contributed by atoms with E-state index in [4.69, 9.17) is 4.74 Å². The first-order valence-corrected chi connectivity index (χ1v) is 8.65.